The number of alkyl halides is 3. The van der Waals surface area contributed by atoms with Crippen molar-refractivity contribution in [1.82, 2.24) is 19.6 Å². The number of hydrogen-bond acceptors (Lipinski definition) is 6. The van der Waals surface area contributed by atoms with Gasteiger partial charge in [0, 0.05) is 61.5 Å². The number of likely N-dealkylation sites (tertiary alicyclic amines) is 1. The van der Waals surface area contributed by atoms with Gasteiger partial charge in [-0.15, -0.1) is 13.2 Å². The fraction of sp³-hybridized carbons (Fsp3) is 0.483. The number of benzene rings is 2. The largest absolute Gasteiger partial charge is 0.573 e. The molecule has 0 aliphatic carbocycles. The van der Waals surface area contributed by atoms with E-state index in [1.165, 1.54) is 12.1 Å². The molecule has 41 heavy (non-hydrogen) atoms. The lowest BCUT2D eigenvalue weighted by Gasteiger charge is -2.32. The molecule has 2 fully saturated rings. The van der Waals surface area contributed by atoms with Crippen molar-refractivity contribution < 1.29 is 32.2 Å². The van der Waals surface area contributed by atoms with Gasteiger partial charge in [0.25, 0.3) is 5.91 Å². The number of nitrogens with two attached hydrogens (primary N) is 1. The van der Waals surface area contributed by atoms with Crippen molar-refractivity contribution in [2.45, 2.75) is 45.1 Å². The second-order valence-electron chi connectivity index (χ2n) is 10.7. The standard InChI is InChI=1S/C29H34F3N5O4/c1-19(35-12-14-40-15-13-35)16-24-23(27(33)38)6-7-26-25(24)18-37(34-26)17-20-8-10-36(11-9-20)28(39)21-2-4-22(5-3-21)41-29(30,31)32/h2-7,18-20H,8-17H2,1H3,(H2,33,38). The second kappa shape index (κ2) is 12.1. The maximum atomic E-state index is 12.9. The Morgan fingerprint density at radius 1 is 1.07 bits per heavy atom. The van der Waals surface area contributed by atoms with Crippen LogP contribution in [0.15, 0.2) is 42.6 Å². The van der Waals surface area contributed by atoms with Gasteiger partial charge in [0.1, 0.15) is 5.75 Å². The molecule has 2 aliphatic heterocycles. The Morgan fingerprint density at radius 2 is 1.76 bits per heavy atom. The molecular formula is C29H34F3N5O4. The van der Waals surface area contributed by atoms with Crippen LogP contribution < -0.4 is 10.5 Å². The first-order valence-electron chi connectivity index (χ1n) is 13.8. The highest BCUT2D eigenvalue weighted by Gasteiger charge is 2.31. The number of hydrogen-bond donors (Lipinski definition) is 1. The van der Waals surface area contributed by atoms with Gasteiger partial charge in [-0.2, -0.15) is 5.10 Å². The van der Waals surface area contributed by atoms with E-state index in [-0.39, 0.29) is 17.7 Å². The highest BCUT2D eigenvalue weighted by molar-refractivity contribution is 6.00. The zero-order chi connectivity index (χ0) is 29.1. The van der Waals surface area contributed by atoms with Crippen LogP contribution in [0, 0.1) is 5.92 Å². The third-order valence-electron chi connectivity index (χ3n) is 7.96. The molecule has 0 saturated carbocycles. The Hall–Kier alpha value is -3.64. The van der Waals surface area contributed by atoms with Crippen molar-refractivity contribution >= 4 is 22.7 Å². The number of nitrogens with zero attached hydrogens (tertiary/aromatic N) is 4. The van der Waals surface area contributed by atoms with E-state index >= 15 is 0 Å². The van der Waals surface area contributed by atoms with E-state index in [2.05, 4.69) is 16.6 Å². The number of morpholine rings is 1. The summed E-state index contributed by atoms with van der Waals surface area (Å²) >= 11 is 0. The highest BCUT2D eigenvalue weighted by atomic mass is 19.4. The molecule has 3 aromatic rings. The van der Waals surface area contributed by atoms with E-state index in [0.29, 0.717) is 56.3 Å². The molecule has 0 spiro atoms. The molecule has 1 atom stereocenters. The van der Waals surface area contributed by atoms with Gasteiger partial charge in [0.05, 0.1) is 18.7 Å². The minimum atomic E-state index is -4.78. The first-order valence-corrected chi connectivity index (χ1v) is 13.8. The topological polar surface area (TPSA) is 103 Å². The Labute approximate surface area is 236 Å². The summed E-state index contributed by atoms with van der Waals surface area (Å²) in [6.45, 7) is 7.00. The second-order valence-corrected chi connectivity index (χ2v) is 10.7. The highest BCUT2D eigenvalue weighted by Crippen LogP contribution is 2.28. The smallest absolute Gasteiger partial charge is 0.406 e. The van der Waals surface area contributed by atoms with Gasteiger partial charge >= 0.3 is 6.36 Å². The first-order chi connectivity index (χ1) is 19.6. The molecule has 12 heteroatoms. The minimum absolute atomic E-state index is 0.209. The number of rotatable bonds is 8. The Morgan fingerprint density at radius 3 is 2.39 bits per heavy atom. The average molecular weight is 574 g/mol. The molecule has 2 amide bonds. The number of carbonyl (C=O) groups is 2. The van der Waals surface area contributed by atoms with Crippen molar-refractivity contribution in [3.8, 4) is 5.75 Å². The SMILES string of the molecule is CC(Cc1c(C(N)=O)ccc2nn(CC3CCN(C(=O)c4ccc(OC(F)(F)F)cc4)CC3)cc12)N1CCOCC1. The van der Waals surface area contributed by atoms with Gasteiger partial charge in [-0.1, -0.05) is 0 Å². The Bertz CT molecular complexity index is 1380. The van der Waals surface area contributed by atoms with Gasteiger partial charge in [0.2, 0.25) is 5.91 Å². The maximum Gasteiger partial charge on any atom is 0.573 e. The quantitative estimate of drug-likeness (QED) is 0.439. The van der Waals surface area contributed by atoms with Gasteiger partial charge in [-0.25, -0.2) is 0 Å². The van der Waals surface area contributed by atoms with Crippen LogP contribution in [0.1, 0.15) is 46.0 Å². The molecule has 1 unspecified atom stereocenters. The Kier molecular flexibility index (Phi) is 8.50. The summed E-state index contributed by atoms with van der Waals surface area (Å²) in [5.74, 6) is -0.739. The molecule has 0 radical (unpaired) electrons. The molecule has 3 heterocycles. The van der Waals surface area contributed by atoms with Crippen LogP contribution in [0.2, 0.25) is 0 Å². The number of amides is 2. The molecule has 220 valence electrons. The van der Waals surface area contributed by atoms with Crippen LogP contribution in [0.4, 0.5) is 13.2 Å². The predicted molar refractivity (Wildman–Crippen MR) is 146 cm³/mol. The Balaban J connectivity index is 1.23. The molecule has 2 N–H and O–H groups in total. The first kappa shape index (κ1) is 28.9. The normalized spacial score (nSPS) is 18.0. The van der Waals surface area contributed by atoms with Gasteiger partial charge in [-0.3, -0.25) is 19.2 Å². The lowest BCUT2D eigenvalue weighted by molar-refractivity contribution is -0.274. The van der Waals surface area contributed by atoms with E-state index in [4.69, 9.17) is 15.6 Å². The van der Waals surface area contributed by atoms with Crippen LogP contribution in [0.3, 0.4) is 0 Å². The summed E-state index contributed by atoms with van der Waals surface area (Å²) in [7, 11) is 0. The molecule has 0 bridgehead atoms. The molecule has 2 saturated heterocycles. The number of primary amides is 1. The monoisotopic (exact) mass is 573 g/mol. The fourth-order valence-electron chi connectivity index (χ4n) is 5.75. The van der Waals surface area contributed by atoms with Gasteiger partial charge in [-0.05, 0) is 74.1 Å². The van der Waals surface area contributed by atoms with Gasteiger partial charge < -0.3 is 20.1 Å². The fourth-order valence-corrected chi connectivity index (χ4v) is 5.75. The lowest BCUT2D eigenvalue weighted by atomic mass is 9.95. The van der Waals surface area contributed by atoms with E-state index in [1.807, 2.05) is 16.9 Å². The van der Waals surface area contributed by atoms with Crippen molar-refractivity contribution in [1.29, 1.82) is 0 Å². The van der Waals surface area contributed by atoms with Crippen molar-refractivity contribution in [2.75, 3.05) is 39.4 Å². The summed E-state index contributed by atoms with van der Waals surface area (Å²) in [5.41, 5.74) is 8.30. The minimum Gasteiger partial charge on any atom is -0.406 e. The van der Waals surface area contributed by atoms with Crippen molar-refractivity contribution in [3.63, 3.8) is 0 Å². The maximum absolute atomic E-state index is 12.9. The molecule has 1 aromatic heterocycles. The summed E-state index contributed by atoms with van der Waals surface area (Å²) in [6.07, 6.45) is -0.577. The number of aromatic nitrogens is 2. The van der Waals surface area contributed by atoms with E-state index in [1.54, 1.807) is 11.0 Å². The number of halogens is 3. The van der Waals surface area contributed by atoms with E-state index in [9.17, 15) is 22.8 Å². The van der Waals surface area contributed by atoms with Crippen molar-refractivity contribution in [3.05, 3.63) is 59.3 Å². The van der Waals surface area contributed by atoms with Crippen LogP contribution in [0.25, 0.3) is 10.9 Å². The van der Waals surface area contributed by atoms with Gasteiger partial charge in [0.15, 0.2) is 0 Å². The third kappa shape index (κ3) is 6.99. The van der Waals surface area contributed by atoms with Crippen LogP contribution in [0.5, 0.6) is 5.75 Å². The van der Waals surface area contributed by atoms with E-state index in [0.717, 1.165) is 54.5 Å². The van der Waals surface area contributed by atoms with Crippen LogP contribution in [-0.2, 0) is 17.7 Å². The summed E-state index contributed by atoms with van der Waals surface area (Å²) in [5, 5.41) is 5.70. The molecule has 2 aliphatic rings. The number of carbonyl (C=O) groups excluding carboxylic acids is 2. The zero-order valence-electron chi connectivity index (χ0n) is 22.9. The zero-order valence-corrected chi connectivity index (χ0v) is 22.9. The summed E-state index contributed by atoms with van der Waals surface area (Å²) in [4.78, 5) is 29.3. The predicted octanol–water partition coefficient (Wildman–Crippen LogP) is 3.85. The van der Waals surface area contributed by atoms with Crippen LogP contribution in [-0.4, -0.2) is 83.2 Å². The van der Waals surface area contributed by atoms with Crippen LogP contribution >= 0.6 is 0 Å². The number of fused-ring (bicyclic) bond motifs is 1. The molecule has 9 nitrogen and oxygen atoms in total. The molecule has 5 rings (SSSR count). The third-order valence-corrected chi connectivity index (χ3v) is 7.96. The van der Waals surface area contributed by atoms with E-state index < -0.39 is 12.3 Å². The lowest BCUT2D eigenvalue weighted by Crippen LogP contribution is -2.43. The number of piperidine rings is 1. The number of ether oxygens (including phenoxy) is 2. The molecule has 2 aromatic carbocycles. The summed E-state index contributed by atoms with van der Waals surface area (Å²) < 4.78 is 48.5. The van der Waals surface area contributed by atoms with Crippen molar-refractivity contribution in [2.24, 2.45) is 11.7 Å². The average Bonchev–Trinajstić information content (AvgIpc) is 3.36. The molecular weight excluding hydrogens is 539 g/mol. The summed E-state index contributed by atoms with van der Waals surface area (Å²) in [6, 6.07) is 8.80.